The van der Waals surface area contributed by atoms with Gasteiger partial charge >= 0.3 is 0 Å². The third-order valence-corrected chi connectivity index (χ3v) is 4.91. The van der Waals surface area contributed by atoms with Crippen LogP contribution in [0.2, 0.25) is 5.02 Å². The highest BCUT2D eigenvalue weighted by atomic mass is 35.5. The summed E-state index contributed by atoms with van der Waals surface area (Å²) in [6.07, 6.45) is 0. The Hall–Kier alpha value is -2.31. The smallest absolute Gasteiger partial charge is 0.265 e. The first-order valence-corrected chi connectivity index (χ1v) is 8.96. The van der Waals surface area contributed by atoms with Crippen LogP contribution in [0.3, 0.4) is 0 Å². The van der Waals surface area contributed by atoms with Crippen molar-refractivity contribution in [2.45, 2.75) is 6.54 Å². The van der Waals surface area contributed by atoms with Gasteiger partial charge in [0.05, 0.1) is 17.9 Å². The molecule has 2 aliphatic rings. The number of halogens is 2. The molecule has 26 heavy (non-hydrogen) atoms. The zero-order chi connectivity index (χ0) is 18.1. The molecule has 2 aliphatic heterocycles. The first-order valence-electron chi connectivity index (χ1n) is 8.58. The standard InChI is InChI=1S/C19H19ClFN3O2/c20-14-3-1-13(2-4-14)11-24-17-10-15(21)9-16(19(17)26-12-18(24)25)23-7-5-22-6-8-23/h1-4,9-10,22H,5-8,11-12H2. The van der Waals surface area contributed by atoms with Crippen molar-refractivity contribution in [2.24, 2.45) is 0 Å². The maximum Gasteiger partial charge on any atom is 0.265 e. The number of fused-ring (bicyclic) bond motifs is 1. The van der Waals surface area contributed by atoms with Crippen molar-refractivity contribution in [3.8, 4) is 5.75 Å². The van der Waals surface area contributed by atoms with Gasteiger partial charge in [-0.25, -0.2) is 4.39 Å². The summed E-state index contributed by atoms with van der Waals surface area (Å²) in [6.45, 7) is 3.49. The van der Waals surface area contributed by atoms with E-state index < -0.39 is 0 Å². The number of carbonyl (C=O) groups excluding carboxylic acids is 1. The fourth-order valence-electron chi connectivity index (χ4n) is 3.35. The number of hydrogen-bond acceptors (Lipinski definition) is 4. The van der Waals surface area contributed by atoms with E-state index in [0.29, 0.717) is 28.7 Å². The Morgan fingerprint density at radius 1 is 1.12 bits per heavy atom. The average Bonchev–Trinajstić information content (AvgIpc) is 2.66. The van der Waals surface area contributed by atoms with E-state index in [1.807, 2.05) is 12.1 Å². The third kappa shape index (κ3) is 3.34. The highest BCUT2D eigenvalue weighted by molar-refractivity contribution is 6.30. The second-order valence-corrected chi connectivity index (χ2v) is 6.84. The van der Waals surface area contributed by atoms with E-state index in [-0.39, 0.29) is 18.3 Å². The summed E-state index contributed by atoms with van der Waals surface area (Å²) in [5.41, 5.74) is 2.10. The number of nitrogens with zero attached hydrogens (tertiary/aromatic N) is 2. The molecule has 1 fully saturated rings. The Balaban J connectivity index is 1.71. The molecule has 2 aromatic rings. The summed E-state index contributed by atoms with van der Waals surface area (Å²) < 4.78 is 20.1. The van der Waals surface area contributed by atoms with Crippen molar-refractivity contribution in [3.63, 3.8) is 0 Å². The molecule has 0 aromatic heterocycles. The van der Waals surface area contributed by atoms with Gasteiger partial charge in [-0.1, -0.05) is 23.7 Å². The van der Waals surface area contributed by atoms with Crippen molar-refractivity contribution in [1.29, 1.82) is 0 Å². The van der Waals surface area contributed by atoms with E-state index >= 15 is 0 Å². The Kier molecular flexibility index (Phi) is 4.70. The molecular formula is C19H19ClFN3O2. The number of nitrogens with one attached hydrogen (secondary N) is 1. The summed E-state index contributed by atoms with van der Waals surface area (Å²) in [7, 11) is 0. The summed E-state index contributed by atoms with van der Waals surface area (Å²) in [5, 5.41) is 3.91. The quantitative estimate of drug-likeness (QED) is 0.896. The van der Waals surface area contributed by atoms with Crippen LogP contribution in [0.15, 0.2) is 36.4 Å². The maximum absolute atomic E-state index is 14.3. The topological polar surface area (TPSA) is 44.8 Å². The van der Waals surface area contributed by atoms with Crippen molar-refractivity contribution in [2.75, 3.05) is 42.6 Å². The maximum atomic E-state index is 14.3. The van der Waals surface area contributed by atoms with Crippen molar-refractivity contribution < 1.29 is 13.9 Å². The van der Waals surface area contributed by atoms with E-state index in [2.05, 4.69) is 10.2 Å². The molecule has 0 unspecified atom stereocenters. The van der Waals surface area contributed by atoms with Gasteiger partial charge in [0, 0.05) is 43.3 Å². The first kappa shape index (κ1) is 17.1. The predicted molar refractivity (Wildman–Crippen MR) is 99.6 cm³/mol. The van der Waals surface area contributed by atoms with Gasteiger partial charge in [0.25, 0.3) is 5.91 Å². The van der Waals surface area contributed by atoms with Crippen LogP contribution in [-0.4, -0.2) is 38.7 Å². The fourth-order valence-corrected chi connectivity index (χ4v) is 3.47. The van der Waals surface area contributed by atoms with E-state index in [1.54, 1.807) is 17.0 Å². The molecular weight excluding hydrogens is 357 g/mol. The number of anilines is 2. The Morgan fingerprint density at radius 2 is 1.81 bits per heavy atom. The van der Waals surface area contributed by atoms with Gasteiger partial charge < -0.3 is 19.9 Å². The first-order chi connectivity index (χ1) is 12.6. The van der Waals surface area contributed by atoms with Crippen LogP contribution in [0.25, 0.3) is 0 Å². The number of hydrogen-bond donors (Lipinski definition) is 1. The molecule has 0 aliphatic carbocycles. The minimum atomic E-state index is -0.378. The summed E-state index contributed by atoms with van der Waals surface area (Å²) in [4.78, 5) is 16.1. The van der Waals surface area contributed by atoms with Gasteiger partial charge in [0.2, 0.25) is 0 Å². The molecule has 136 valence electrons. The van der Waals surface area contributed by atoms with Crippen molar-refractivity contribution in [1.82, 2.24) is 5.32 Å². The van der Waals surface area contributed by atoms with Crippen LogP contribution >= 0.6 is 11.6 Å². The molecule has 0 saturated carbocycles. The molecule has 0 bridgehead atoms. The number of benzene rings is 2. The second kappa shape index (κ2) is 7.13. The molecule has 1 saturated heterocycles. The molecule has 2 aromatic carbocycles. The molecule has 1 N–H and O–H groups in total. The molecule has 4 rings (SSSR count). The lowest BCUT2D eigenvalue weighted by Crippen LogP contribution is -2.44. The molecule has 2 heterocycles. The predicted octanol–water partition coefficient (Wildman–Crippen LogP) is 2.81. The number of rotatable bonds is 3. The zero-order valence-corrected chi connectivity index (χ0v) is 14.9. The number of piperazine rings is 1. The Labute approximate surface area is 156 Å². The molecule has 0 radical (unpaired) electrons. The van der Waals surface area contributed by atoms with Crippen LogP contribution in [0.4, 0.5) is 15.8 Å². The molecule has 7 heteroatoms. The minimum absolute atomic E-state index is 0.0503. The van der Waals surface area contributed by atoms with Crippen LogP contribution in [-0.2, 0) is 11.3 Å². The highest BCUT2D eigenvalue weighted by Crippen LogP contribution is 2.42. The molecule has 0 spiro atoms. The molecule has 5 nitrogen and oxygen atoms in total. The average molecular weight is 376 g/mol. The monoisotopic (exact) mass is 375 g/mol. The van der Waals surface area contributed by atoms with E-state index in [9.17, 15) is 9.18 Å². The Morgan fingerprint density at radius 3 is 2.54 bits per heavy atom. The number of ether oxygens (including phenoxy) is 1. The van der Waals surface area contributed by atoms with Gasteiger partial charge in [0.15, 0.2) is 12.4 Å². The lowest BCUT2D eigenvalue weighted by molar-refractivity contribution is -0.121. The largest absolute Gasteiger partial charge is 0.479 e. The van der Waals surface area contributed by atoms with E-state index in [4.69, 9.17) is 16.3 Å². The molecule has 1 amide bonds. The van der Waals surface area contributed by atoms with Crippen molar-refractivity contribution in [3.05, 3.63) is 52.8 Å². The SMILES string of the molecule is O=C1COc2c(N3CCNCC3)cc(F)cc2N1Cc1ccc(Cl)cc1. The number of carbonyl (C=O) groups is 1. The second-order valence-electron chi connectivity index (χ2n) is 6.41. The minimum Gasteiger partial charge on any atom is -0.479 e. The van der Waals surface area contributed by atoms with E-state index in [1.165, 1.54) is 12.1 Å². The van der Waals surface area contributed by atoms with Crippen LogP contribution in [0, 0.1) is 5.82 Å². The van der Waals surface area contributed by atoms with Crippen LogP contribution in [0.1, 0.15) is 5.56 Å². The van der Waals surface area contributed by atoms with Gasteiger partial charge in [-0.05, 0) is 17.7 Å². The summed E-state index contributed by atoms with van der Waals surface area (Å²) in [6, 6.07) is 10.1. The van der Waals surface area contributed by atoms with Gasteiger partial charge in [0.1, 0.15) is 5.82 Å². The van der Waals surface area contributed by atoms with E-state index in [0.717, 1.165) is 31.7 Å². The fraction of sp³-hybridized carbons (Fsp3) is 0.316. The zero-order valence-electron chi connectivity index (χ0n) is 14.2. The van der Waals surface area contributed by atoms with Crippen LogP contribution in [0.5, 0.6) is 5.75 Å². The number of amides is 1. The molecule has 0 atom stereocenters. The Bertz CT molecular complexity index is 822. The van der Waals surface area contributed by atoms with Gasteiger partial charge in [-0.15, -0.1) is 0 Å². The van der Waals surface area contributed by atoms with Gasteiger partial charge in [-0.3, -0.25) is 4.79 Å². The highest BCUT2D eigenvalue weighted by Gasteiger charge is 2.30. The van der Waals surface area contributed by atoms with Crippen LogP contribution < -0.4 is 19.9 Å². The lowest BCUT2D eigenvalue weighted by Gasteiger charge is -2.35. The summed E-state index contributed by atoms with van der Waals surface area (Å²) in [5.74, 6) is 0.00265. The normalized spacial score (nSPS) is 17.1. The lowest BCUT2D eigenvalue weighted by atomic mass is 10.1. The van der Waals surface area contributed by atoms with Crippen molar-refractivity contribution >= 4 is 28.9 Å². The summed E-state index contributed by atoms with van der Waals surface area (Å²) >= 11 is 5.93. The van der Waals surface area contributed by atoms with Gasteiger partial charge in [-0.2, -0.15) is 0 Å². The third-order valence-electron chi connectivity index (χ3n) is 4.66.